The fourth-order valence-electron chi connectivity index (χ4n) is 2.88. The van der Waals surface area contributed by atoms with Crippen molar-refractivity contribution >= 4 is 38.0 Å². The number of aryl methyl sites for hydroxylation is 2. The summed E-state index contributed by atoms with van der Waals surface area (Å²) < 4.78 is 1.71. The summed E-state index contributed by atoms with van der Waals surface area (Å²) in [5, 5.41) is 13.4. The second kappa shape index (κ2) is 5.99. The van der Waals surface area contributed by atoms with Gasteiger partial charge < -0.3 is 11.1 Å². The maximum atomic E-state index is 12.8. The molecule has 3 aromatic rings. The fraction of sp³-hybridized carbons (Fsp3) is 0.429. The molecule has 0 bridgehead atoms. The van der Waals surface area contributed by atoms with Crippen molar-refractivity contribution in [3.05, 3.63) is 32.1 Å². The smallest absolute Gasteiger partial charge is 0.262 e. The Kier molecular flexibility index (Phi) is 3.83. The van der Waals surface area contributed by atoms with E-state index in [4.69, 9.17) is 5.73 Å². The average Bonchev–Trinajstić information content (AvgIpc) is 3.13. The lowest BCUT2D eigenvalue weighted by atomic mass is 10.1. The van der Waals surface area contributed by atoms with E-state index in [0.717, 1.165) is 47.6 Å². The maximum absolute atomic E-state index is 12.8. The molecular formula is C14H16N6OS2. The molecule has 4 heterocycles. The zero-order chi connectivity index (χ0) is 15.8. The summed E-state index contributed by atoms with van der Waals surface area (Å²) >= 11 is 3.03. The Hall–Kier alpha value is -1.84. The van der Waals surface area contributed by atoms with Gasteiger partial charge in [0, 0.05) is 24.4 Å². The van der Waals surface area contributed by atoms with Gasteiger partial charge in [-0.25, -0.2) is 4.98 Å². The first-order valence-corrected chi connectivity index (χ1v) is 9.14. The van der Waals surface area contributed by atoms with Crippen molar-refractivity contribution in [1.82, 2.24) is 25.1 Å². The van der Waals surface area contributed by atoms with Crippen LogP contribution in [-0.4, -0.2) is 26.3 Å². The second-order valence-electron chi connectivity index (χ2n) is 5.49. The summed E-state index contributed by atoms with van der Waals surface area (Å²) in [6.07, 6.45) is 4.15. The van der Waals surface area contributed by atoms with Crippen LogP contribution in [-0.2, 0) is 25.9 Å². The van der Waals surface area contributed by atoms with E-state index in [0.29, 0.717) is 11.7 Å². The van der Waals surface area contributed by atoms with Crippen LogP contribution in [0.3, 0.4) is 0 Å². The minimum absolute atomic E-state index is 0.0752. The Bertz CT molecular complexity index is 912. The molecule has 0 atom stereocenters. The van der Waals surface area contributed by atoms with Crippen LogP contribution >= 0.6 is 22.7 Å². The summed E-state index contributed by atoms with van der Waals surface area (Å²) in [6, 6.07) is 0. The first-order valence-electron chi connectivity index (χ1n) is 7.50. The third kappa shape index (κ3) is 2.75. The number of nitrogen functional groups attached to an aromatic ring is 1. The van der Waals surface area contributed by atoms with E-state index in [9.17, 15) is 4.79 Å². The number of thiophene rings is 1. The van der Waals surface area contributed by atoms with Crippen molar-refractivity contribution in [3.63, 3.8) is 0 Å². The number of hydrogen-bond donors (Lipinski definition) is 2. The van der Waals surface area contributed by atoms with E-state index in [1.807, 2.05) is 0 Å². The van der Waals surface area contributed by atoms with Gasteiger partial charge in [-0.2, -0.15) is 0 Å². The number of rotatable bonds is 4. The normalized spacial score (nSPS) is 14.3. The zero-order valence-corrected chi connectivity index (χ0v) is 14.0. The van der Waals surface area contributed by atoms with Gasteiger partial charge in [-0.05, 0) is 24.9 Å². The van der Waals surface area contributed by atoms with E-state index in [1.54, 1.807) is 22.2 Å². The number of anilines is 1. The molecule has 1 aliphatic rings. The van der Waals surface area contributed by atoms with Crippen LogP contribution < -0.4 is 16.6 Å². The molecule has 0 radical (unpaired) electrons. The Morgan fingerprint density at radius 1 is 1.35 bits per heavy atom. The Morgan fingerprint density at radius 2 is 2.26 bits per heavy atom. The van der Waals surface area contributed by atoms with Gasteiger partial charge in [0.15, 0.2) is 0 Å². The van der Waals surface area contributed by atoms with Crippen LogP contribution in [0, 0.1) is 0 Å². The molecule has 3 aromatic heterocycles. The second-order valence-corrected chi connectivity index (χ2v) is 7.67. The first-order chi connectivity index (χ1) is 11.2. The fourth-order valence-corrected chi connectivity index (χ4v) is 4.68. The van der Waals surface area contributed by atoms with Gasteiger partial charge >= 0.3 is 0 Å². The standard InChI is InChI=1S/C14H16N6OS2/c15-14-19-18-10(23-14)2-1-5-20-7-17-12-11(13(20)21)8-3-4-16-6-9(8)22-12/h7,16H,1-6H2,(H2,15,19). The molecule has 0 amide bonds. The Morgan fingerprint density at radius 3 is 3.09 bits per heavy atom. The van der Waals surface area contributed by atoms with Crippen molar-refractivity contribution in [3.8, 4) is 0 Å². The van der Waals surface area contributed by atoms with Crippen molar-refractivity contribution in [2.45, 2.75) is 32.4 Å². The molecule has 0 aliphatic carbocycles. The Balaban J connectivity index is 1.58. The molecule has 1 aliphatic heterocycles. The largest absolute Gasteiger partial charge is 0.374 e. The third-order valence-electron chi connectivity index (χ3n) is 3.97. The van der Waals surface area contributed by atoms with Crippen molar-refractivity contribution in [1.29, 1.82) is 0 Å². The van der Waals surface area contributed by atoms with E-state index >= 15 is 0 Å². The lowest BCUT2D eigenvalue weighted by molar-refractivity contribution is 0.613. The van der Waals surface area contributed by atoms with Crippen LogP contribution in [0.5, 0.6) is 0 Å². The third-order valence-corrected chi connectivity index (χ3v) is 5.92. The monoisotopic (exact) mass is 348 g/mol. The number of hydrogen-bond acceptors (Lipinski definition) is 8. The highest BCUT2D eigenvalue weighted by Gasteiger charge is 2.19. The SMILES string of the molecule is Nc1nnc(CCCn2cnc3sc4c(c3c2=O)CCNC4)s1. The lowest BCUT2D eigenvalue weighted by Gasteiger charge is -2.12. The molecule has 0 spiro atoms. The molecule has 0 unspecified atom stereocenters. The molecule has 0 saturated heterocycles. The summed E-state index contributed by atoms with van der Waals surface area (Å²) in [5.74, 6) is 0. The number of nitrogens with two attached hydrogens (primary N) is 1. The number of nitrogens with zero attached hydrogens (tertiary/aromatic N) is 4. The predicted octanol–water partition coefficient (Wildman–Crippen LogP) is 1.17. The minimum atomic E-state index is 0.0752. The number of fused-ring (bicyclic) bond motifs is 3. The highest BCUT2D eigenvalue weighted by Crippen LogP contribution is 2.29. The van der Waals surface area contributed by atoms with Gasteiger partial charge in [-0.15, -0.1) is 21.5 Å². The van der Waals surface area contributed by atoms with Crippen molar-refractivity contribution < 1.29 is 0 Å². The van der Waals surface area contributed by atoms with Crippen LogP contribution in [0.1, 0.15) is 21.9 Å². The molecule has 23 heavy (non-hydrogen) atoms. The molecule has 0 aromatic carbocycles. The van der Waals surface area contributed by atoms with Gasteiger partial charge in [0.2, 0.25) is 5.13 Å². The van der Waals surface area contributed by atoms with Crippen LogP contribution in [0.15, 0.2) is 11.1 Å². The first kappa shape index (κ1) is 14.7. The molecule has 4 rings (SSSR count). The average molecular weight is 348 g/mol. The molecule has 0 saturated carbocycles. The highest BCUT2D eigenvalue weighted by molar-refractivity contribution is 7.18. The maximum Gasteiger partial charge on any atom is 0.262 e. The minimum Gasteiger partial charge on any atom is -0.374 e. The number of aromatic nitrogens is 4. The van der Waals surface area contributed by atoms with Crippen LogP contribution in [0.4, 0.5) is 5.13 Å². The summed E-state index contributed by atoms with van der Waals surface area (Å²) in [6.45, 7) is 2.39. The van der Waals surface area contributed by atoms with E-state index in [-0.39, 0.29) is 5.56 Å². The highest BCUT2D eigenvalue weighted by atomic mass is 32.1. The van der Waals surface area contributed by atoms with Crippen LogP contribution in [0.25, 0.3) is 10.2 Å². The topological polar surface area (TPSA) is 98.7 Å². The van der Waals surface area contributed by atoms with E-state index < -0.39 is 0 Å². The molecule has 120 valence electrons. The number of nitrogens with one attached hydrogen (secondary N) is 1. The lowest BCUT2D eigenvalue weighted by Crippen LogP contribution is -2.25. The summed E-state index contributed by atoms with van der Waals surface area (Å²) in [7, 11) is 0. The quantitative estimate of drug-likeness (QED) is 0.734. The molecule has 0 fully saturated rings. The van der Waals surface area contributed by atoms with Gasteiger partial charge in [0.1, 0.15) is 9.84 Å². The predicted molar refractivity (Wildman–Crippen MR) is 91.9 cm³/mol. The summed E-state index contributed by atoms with van der Waals surface area (Å²) in [5.41, 5.74) is 6.84. The van der Waals surface area contributed by atoms with Crippen LogP contribution in [0.2, 0.25) is 0 Å². The molecule has 3 N–H and O–H groups in total. The van der Waals surface area contributed by atoms with Gasteiger partial charge in [-0.1, -0.05) is 11.3 Å². The van der Waals surface area contributed by atoms with Gasteiger partial charge in [0.05, 0.1) is 11.7 Å². The molecule has 7 nitrogen and oxygen atoms in total. The van der Waals surface area contributed by atoms with E-state index in [1.165, 1.54) is 21.8 Å². The van der Waals surface area contributed by atoms with E-state index in [2.05, 4.69) is 20.5 Å². The zero-order valence-electron chi connectivity index (χ0n) is 12.4. The Labute approximate surface area is 140 Å². The van der Waals surface area contributed by atoms with Crippen molar-refractivity contribution in [2.24, 2.45) is 0 Å². The van der Waals surface area contributed by atoms with Gasteiger partial charge in [0.25, 0.3) is 5.56 Å². The van der Waals surface area contributed by atoms with Gasteiger partial charge in [-0.3, -0.25) is 9.36 Å². The van der Waals surface area contributed by atoms with Crippen molar-refractivity contribution in [2.75, 3.05) is 12.3 Å². The summed E-state index contributed by atoms with van der Waals surface area (Å²) in [4.78, 5) is 19.4. The molecular weight excluding hydrogens is 332 g/mol. The molecule has 9 heteroatoms.